The molecule has 0 atom stereocenters. The molecular formula is C19H28N2O2. The monoisotopic (exact) mass is 316 g/mol. The first-order valence-corrected chi connectivity index (χ1v) is 8.39. The van der Waals surface area contributed by atoms with Gasteiger partial charge in [-0.15, -0.1) is 0 Å². The molecule has 0 spiro atoms. The van der Waals surface area contributed by atoms with E-state index < -0.39 is 0 Å². The van der Waals surface area contributed by atoms with Crippen LogP contribution < -0.4 is 5.32 Å². The van der Waals surface area contributed by atoms with Crippen LogP contribution >= 0.6 is 0 Å². The third-order valence-electron chi connectivity index (χ3n) is 5.07. The Bertz CT molecular complexity index is 614. The van der Waals surface area contributed by atoms with Crippen LogP contribution in [0.5, 0.6) is 0 Å². The van der Waals surface area contributed by atoms with Gasteiger partial charge in [0.15, 0.2) is 5.78 Å². The van der Waals surface area contributed by atoms with Crippen LogP contribution in [0.25, 0.3) is 0 Å². The minimum Gasteiger partial charge on any atom is -0.359 e. The maximum Gasteiger partial charge on any atom is 0.222 e. The summed E-state index contributed by atoms with van der Waals surface area (Å²) in [5.41, 5.74) is 5.56. The summed E-state index contributed by atoms with van der Waals surface area (Å²) in [6.07, 6.45) is 1.81. The summed E-state index contributed by atoms with van der Waals surface area (Å²) in [6, 6.07) is 2.12. The Kier molecular flexibility index (Phi) is 5.58. The van der Waals surface area contributed by atoms with Gasteiger partial charge in [0.1, 0.15) is 0 Å². The predicted molar refractivity (Wildman–Crippen MR) is 92.7 cm³/mol. The summed E-state index contributed by atoms with van der Waals surface area (Å²) in [7, 11) is 1.71. The van der Waals surface area contributed by atoms with Gasteiger partial charge in [0.25, 0.3) is 0 Å². The molecule has 0 aliphatic carbocycles. The fourth-order valence-corrected chi connectivity index (χ4v) is 3.79. The van der Waals surface area contributed by atoms with E-state index in [1.165, 1.54) is 11.1 Å². The molecule has 4 nitrogen and oxygen atoms in total. The van der Waals surface area contributed by atoms with Gasteiger partial charge in [-0.1, -0.05) is 6.07 Å². The predicted octanol–water partition coefficient (Wildman–Crippen LogP) is 2.77. The number of hydrogen-bond donors (Lipinski definition) is 1. The number of likely N-dealkylation sites (tertiary alicyclic amines) is 1. The van der Waals surface area contributed by atoms with E-state index in [-0.39, 0.29) is 17.6 Å². The Morgan fingerprint density at radius 1 is 1.17 bits per heavy atom. The van der Waals surface area contributed by atoms with Gasteiger partial charge in [-0.25, -0.2) is 0 Å². The van der Waals surface area contributed by atoms with Crippen LogP contribution in [0.3, 0.4) is 0 Å². The second kappa shape index (κ2) is 7.26. The van der Waals surface area contributed by atoms with Gasteiger partial charge in [-0.2, -0.15) is 0 Å². The van der Waals surface area contributed by atoms with Crippen molar-refractivity contribution in [3.8, 4) is 0 Å². The van der Waals surface area contributed by atoms with Gasteiger partial charge >= 0.3 is 0 Å². The maximum atomic E-state index is 11.9. The van der Waals surface area contributed by atoms with Crippen LogP contribution in [0.15, 0.2) is 6.07 Å². The molecule has 1 aromatic carbocycles. The van der Waals surface area contributed by atoms with Crippen LogP contribution in [-0.4, -0.2) is 36.7 Å². The van der Waals surface area contributed by atoms with E-state index in [4.69, 9.17) is 0 Å². The van der Waals surface area contributed by atoms with Crippen LogP contribution in [-0.2, 0) is 11.3 Å². The highest BCUT2D eigenvalue weighted by Crippen LogP contribution is 2.26. The summed E-state index contributed by atoms with van der Waals surface area (Å²) < 4.78 is 0. The fourth-order valence-electron chi connectivity index (χ4n) is 3.79. The molecule has 1 amide bonds. The van der Waals surface area contributed by atoms with E-state index in [1.807, 2.05) is 6.92 Å². The Hall–Kier alpha value is -1.68. The Morgan fingerprint density at radius 2 is 1.78 bits per heavy atom. The van der Waals surface area contributed by atoms with Crippen molar-refractivity contribution in [2.75, 3.05) is 20.1 Å². The van der Waals surface area contributed by atoms with Gasteiger partial charge in [0, 0.05) is 25.1 Å². The number of carbonyl (C=O) groups is 2. The molecule has 1 aromatic rings. The molecule has 1 aliphatic heterocycles. The van der Waals surface area contributed by atoms with Crippen molar-refractivity contribution >= 4 is 11.7 Å². The lowest BCUT2D eigenvalue weighted by molar-refractivity contribution is -0.125. The first-order valence-electron chi connectivity index (χ1n) is 8.39. The Labute approximate surface area is 139 Å². The van der Waals surface area contributed by atoms with E-state index in [1.54, 1.807) is 14.0 Å². The molecule has 1 fully saturated rings. The molecule has 0 aromatic heterocycles. The molecule has 0 bridgehead atoms. The molecule has 0 radical (unpaired) electrons. The normalized spacial score (nSPS) is 16.4. The first kappa shape index (κ1) is 17.7. The summed E-state index contributed by atoms with van der Waals surface area (Å²) >= 11 is 0. The van der Waals surface area contributed by atoms with Crippen molar-refractivity contribution in [3.63, 3.8) is 0 Å². The molecule has 0 saturated carbocycles. The number of ketones is 1. The Morgan fingerprint density at radius 3 is 2.30 bits per heavy atom. The number of Topliss-reactive ketones (excluding diaryl/α,β-unsaturated/α-hetero) is 1. The topological polar surface area (TPSA) is 49.4 Å². The lowest BCUT2D eigenvalue weighted by Gasteiger charge is -2.32. The molecule has 1 heterocycles. The number of piperidine rings is 1. The molecule has 2 rings (SSSR count). The number of nitrogens with one attached hydrogen (secondary N) is 1. The van der Waals surface area contributed by atoms with Crippen molar-refractivity contribution in [2.45, 2.75) is 47.1 Å². The summed E-state index contributed by atoms with van der Waals surface area (Å²) in [6.45, 7) is 10.6. The third-order valence-corrected chi connectivity index (χ3v) is 5.07. The number of nitrogens with zero attached hydrogens (tertiary/aromatic N) is 1. The molecule has 1 N–H and O–H groups in total. The number of rotatable bonds is 4. The van der Waals surface area contributed by atoms with Crippen molar-refractivity contribution in [1.82, 2.24) is 10.2 Å². The Balaban J connectivity index is 2.14. The quantitative estimate of drug-likeness (QED) is 0.869. The molecular weight excluding hydrogens is 288 g/mol. The number of amides is 1. The first-order chi connectivity index (χ1) is 10.8. The smallest absolute Gasteiger partial charge is 0.222 e. The second-order valence-electron chi connectivity index (χ2n) is 6.71. The van der Waals surface area contributed by atoms with Crippen molar-refractivity contribution < 1.29 is 9.59 Å². The number of carbonyl (C=O) groups excluding carboxylic acids is 2. The fraction of sp³-hybridized carbons (Fsp3) is 0.579. The van der Waals surface area contributed by atoms with Gasteiger partial charge < -0.3 is 5.32 Å². The van der Waals surface area contributed by atoms with Crippen LogP contribution in [0.1, 0.15) is 52.4 Å². The standard InChI is InChI=1S/C19H28N2O2/c1-12-10-13(2)18(15(4)22)14(3)17(12)11-21-8-6-16(7-9-21)19(23)20-5/h10,16H,6-9,11H2,1-5H3,(H,20,23). The summed E-state index contributed by atoms with van der Waals surface area (Å²) in [5.74, 6) is 0.440. The zero-order valence-electron chi connectivity index (χ0n) is 15.0. The van der Waals surface area contributed by atoms with E-state index >= 15 is 0 Å². The van der Waals surface area contributed by atoms with Crippen molar-refractivity contribution in [2.24, 2.45) is 5.92 Å². The minimum absolute atomic E-state index is 0.138. The van der Waals surface area contributed by atoms with Crippen molar-refractivity contribution in [3.05, 3.63) is 33.9 Å². The van der Waals surface area contributed by atoms with Crippen molar-refractivity contribution in [1.29, 1.82) is 0 Å². The molecule has 4 heteroatoms. The lowest BCUT2D eigenvalue weighted by atomic mass is 9.90. The largest absolute Gasteiger partial charge is 0.359 e. The molecule has 1 saturated heterocycles. The maximum absolute atomic E-state index is 11.9. The molecule has 23 heavy (non-hydrogen) atoms. The van der Waals surface area contributed by atoms with E-state index in [2.05, 4.69) is 30.1 Å². The van der Waals surface area contributed by atoms with Crippen LogP contribution in [0, 0.1) is 26.7 Å². The second-order valence-corrected chi connectivity index (χ2v) is 6.71. The minimum atomic E-state index is 0.138. The lowest BCUT2D eigenvalue weighted by Crippen LogP contribution is -2.39. The number of benzene rings is 1. The van der Waals surface area contributed by atoms with E-state index in [0.29, 0.717) is 0 Å². The zero-order chi connectivity index (χ0) is 17.1. The van der Waals surface area contributed by atoms with Crippen LogP contribution in [0.4, 0.5) is 0 Å². The third kappa shape index (κ3) is 3.81. The average Bonchev–Trinajstić information content (AvgIpc) is 2.50. The van der Waals surface area contributed by atoms with E-state index in [9.17, 15) is 9.59 Å². The zero-order valence-corrected chi connectivity index (χ0v) is 15.0. The molecule has 0 unspecified atom stereocenters. The highest BCUT2D eigenvalue weighted by Gasteiger charge is 2.25. The SMILES string of the molecule is CNC(=O)C1CCN(Cc2c(C)cc(C)c(C(C)=O)c2C)CC1. The van der Waals surface area contributed by atoms with Gasteiger partial charge in [0.2, 0.25) is 5.91 Å². The highest BCUT2D eigenvalue weighted by molar-refractivity contribution is 5.97. The van der Waals surface area contributed by atoms with E-state index in [0.717, 1.165) is 49.2 Å². The summed E-state index contributed by atoms with van der Waals surface area (Å²) in [4.78, 5) is 26.1. The molecule has 126 valence electrons. The van der Waals surface area contributed by atoms with Gasteiger partial charge in [-0.3, -0.25) is 14.5 Å². The van der Waals surface area contributed by atoms with Gasteiger partial charge in [0.05, 0.1) is 0 Å². The van der Waals surface area contributed by atoms with Crippen LogP contribution in [0.2, 0.25) is 0 Å². The number of aryl methyl sites for hydroxylation is 2. The average molecular weight is 316 g/mol. The number of hydrogen-bond acceptors (Lipinski definition) is 3. The molecule has 1 aliphatic rings. The highest BCUT2D eigenvalue weighted by atomic mass is 16.1. The summed E-state index contributed by atoms with van der Waals surface area (Å²) in [5, 5.41) is 2.75. The van der Waals surface area contributed by atoms with Gasteiger partial charge in [-0.05, 0) is 75.9 Å².